The minimum Gasteiger partial charge on any atom is -0.355 e. The van der Waals surface area contributed by atoms with Gasteiger partial charge in [-0.3, -0.25) is 0 Å². The van der Waals surface area contributed by atoms with E-state index in [1.165, 1.54) is 17.1 Å². The van der Waals surface area contributed by atoms with Crippen LogP contribution < -0.4 is 4.90 Å². The van der Waals surface area contributed by atoms with Crippen molar-refractivity contribution in [3.8, 4) is 0 Å². The van der Waals surface area contributed by atoms with Crippen molar-refractivity contribution in [2.45, 2.75) is 13.3 Å². The highest BCUT2D eigenvalue weighted by atomic mass is 32.2. The Labute approximate surface area is 89.7 Å². The first-order valence-electron chi connectivity index (χ1n) is 5.18. The third-order valence-electron chi connectivity index (χ3n) is 2.55. The summed E-state index contributed by atoms with van der Waals surface area (Å²) in [6, 6.07) is 4.32. The van der Waals surface area contributed by atoms with Crippen molar-refractivity contribution in [3.05, 3.63) is 23.9 Å². The maximum Gasteiger partial charge on any atom is 0.128 e. The van der Waals surface area contributed by atoms with Gasteiger partial charge in [0.25, 0.3) is 0 Å². The number of hydrogen-bond acceptors (Lipinski definition) is 3. The van der Waals surface area contributed by atoms with Gasteiger partial charge in [-0.05, 0) is 24.1 Å². The van der Waals surface area contributed by atoms with Crippen LogP contribution in [-0.4, -0.2) is 29.6 Å². The molecule has 1 aliphatic rings. The minimum absolute atomic E-state index is 1.10. The second kappa shape index (κ2) is 4.69. The molecule has 1 aromatic heterocycles. The Morgan fingerprint density at radius 1 is 1.43 bits per heavy atom. The standard InChI is InChI=1S/C11H16N2S/c1-2-10-3-4-12-11(9-10)13-5-7-14-8-6-13/h3-4,9H,2,5-8H2,1H3. The summed E-state index contributed by atoms with van der Waals surface area (Å²) in [5.41, 5.74) is 1.38. The molecule has 2 rings (SSSR count). The lowest BCUT2D eigenvalue weighted by Gasteiger charge is -2.27. The van der Waals surface area contributed by atoms with E-state index in [4.69, 9.17) is 0 Å². The smallest absolute Gasteiger partial charge is 0.128 e. The zero-order chi connectivity index (χ0) is 9.80. The molecule has 0 bridgehead atoms. The third-order valence-corrected chi connectivity index (χ3v) is 3.50. The number of pyridine rings is 1. The first-order chi connectivity index (χ1) is 6.90. The van der Waals surface area contributed by atoms with E-state index in [1.807, 2.05) is 18.0 Å². The fourth-order valence-electron chi connectivity index (χ4n) is 1.65. The van der Waals surface area contributed by atoms with Gasteiger partial charge in [0.05, 0.1) is 0 Å². The van der Waals surface area contributed by atoms with Gasteiger partial charge < -0.3 is 4.90 Å². The summed E-state index contributed by atoms with van der Waals surface area (Å²) in [4.78, 5) is 6.81. The Bertz CT molecular complexity index is 295. The Kier molecular flexibility index (Phi) is 3.30. The van der Waals surface area contributed by atoms with E-state index in [1.54, 1.807) is 0 Å². The van der Waals surface area contributed by atoms with Crippen LogP contribution in [0.25, 0.3) is 0 Å². The molecule has 0 atom stereocenters. The summed E-state index contributed by atoms with van der Waals surface area (Å²) in [5.74, 6) is 3.63. The van der Waals surface area contributed by atoms with Crippen molar-refractivity contribution in [1.82, 2.24) is 4.98 Å². The lowest BCUT2D eigenvalue weighted by atomic mass is 10.2. The Balaban J connectivity index is 2.13. The van der Waals surface area contributed by atoms with Gasteiger partial charge in [-0.25, -0.2) is 4.98 Å². The summed E-state index contributed by atoms with van der Waals surface area (Å²) in [5, 5.41) is 0. The summed E-state index contributed by atoms with van der Waals surface area (Å²) in [6.45, 7) is 4.47. The van der Waals surface area contributed by atoms with Crippen molar-refractivity contribution in [3.63, 3.8) is 0 Å². The van der Waals surface area contributed by atoms with Crippen LogP contribution in [0.5, 0.6) is 0 Å². The number of rotatable bonds is 2. The van der Waals surface area contributed by atoms with Crippen molar-refractivity contribution in [2.24, 2.45) is 0 Å². The lowest BCUT2D eigenvalue weighted by molar-refractivity contribution is 0.837. The molecule has 14 heavy (non-hydrogen) atoms. The molecule has 0 saturated carbocycles. The predicted molar refractivity (Wildman–Crippen MR) is 63.2 cm³/mol. The quantitative estimate of drug-likeness (QED) is 0.741. The van der Waals surface area contributed by atoms with Crippen molar-refractivity contribution in [1.29, 1.82) is 0 Å². The monoisotopic (exact) mass is 208 g/mol. The molecule has 2 heterocycles. The lowest BCUT2D eigenvalue weighted by Crippen LogP contribution is -2.33. The SMILES string of the molecule is CCc1ccnc(N2CCSCC2)c1. The summed E-state index contributed by atoms with van der Waals surface area (Å²) in [7, 11) is 0. The maximum atomic E-state index is 4.43. The number of nitrogens with zero attached hydrogens (tertiary/aromatic N) is 2. The van der Waals surface area contributed by atoms with Gasteiger partial charge in [0.2, 0.25) is 0 Å². The van der Waals surface area contributed by atoms with Gasteiger partial charge in [0, 0.05) is 30.8 Å². The van der Waals surface area contributed by atoms with Gasteiger partial charge in [0.15, 0.2) is 0 Å². The number of anilines is 1. The number of aryl methyl sites for hydroxylation is 1. The molecule has 0 amide bonds. The van der Waals surface area contributed by atoms with Crippen LogP contribution >= 0.6 is 11.8 Å². The highest BCUT2D eigenvalue weighted by molar-refractivity contribution is 7.99. The van der Waals surface area contributed by atoms with Gasteiger partial charge in [-0.1, -0.05) is 6.92 Å². The minimum atomic E-state index is 1.10. The zero-order valence-electron chi connectivity index (χ0n) is 8.57. The van der Waals surface area contributed by atoms with E-state index in [0.29, 0.717) is 0 Å². The van der Waals surface area contributed by atoms with E-state index in [9.17, 15) is 0 Å². The van der Waals surface area contributed by atoms with Gasteiger partial charge in [-0.15, -0.1) is 0 Å². The largest absolute Gasteiger partial charge is 0.355 e. The van der Waals surface area contributed by atoms with Gasteiger partial charge >= 0.3 is 0 Å². The highest BCUT2D eigenvalue weighted by Crippen LogP contribution is 2.17. The van der Waals surface area contributed by atoms with Crippen LogP contribution in [-0.2, 0) is 6.42 Å². The molecule has 0 aromatic carbocycles. The molecule has 1 aliphatic heterocycles. The third kappa shape index (κ3) is 2.21. The molecule has 2 nitrogen and oxygen atoms in total. The first kappa shape index (κ1) is 9.84. The van der Waals surface area contributed by atoms with E-state index < -0.39 is 0 Å². The number of hydrogen-bond donors (Lipinski definition) is 0. The molecule has 1 saturated heterocycles. The Hall–Kier alpha value is -0.700. The first-order valence-corrected chi connectivity index (χ1v) is 6.33. The maximum absolute atomic E-state index is 4.43. The Morgan fingerprint density at radius 3 is 2.93 bits per heavy atom. The number of aromatic nitrogens is 1. The molecule has 3 heteroatoms. The second-order valence-corrected chi connectivity index (χ2v) is 4.70. The van der Waals surface area contributed by atoms with E-state index >= 15 is 0 Å². The number of thioether (sulfide) groups is 1. The van der Waals surface area contributed by atoms with E-state index in [2.05, 4.69) is 28.9 Å². The predicted octanol–water partition coefficient (Wildman–Crippen LogP) is 2.20. The van der Waals surface area contributed by atoms with Crippen molar-refractivity contribution >= 4 is 17.6 Å². The van der Waals surface area contributed by atoms with Crippen molar-refractivity contribution < 1.29 is 0 Å². The molecule has 1 aromatic rings. The average Bonchev–Trinajstić information content (AvgIpc) is 2.30. The normalized spacial score (nSPS) is 17.1. The molecule has 1 fully saturated rings. The van der Waals surface area contributed by atoms with Crippen LogP contribution in [0, 0.1) is 0 Å². The second-order valence-electron chi connectivity index (χ2n) is 3.48. The molecule has 0 radical (unpaired) electrons. The molecule has 0 spiro atoms. The molecule has 0 unspecified atom stereocenters. The molecular weight excluding hydrogens is 192 g/mol. The topological polar surface area (TPSA) is 16.1 Å². The van der Waals surface area contributed by atoms with Crippen LogP contribution in [0.2, 0.25) is 0 Å². The molecule has 0 N–H and O–H groups in total. The summed E-state index contributed by atoms with van der Waals surface area (Å²) >= 11 is 2.03. The summed E-state index contributed by atoms with van der Waals surface area (Å²) in [6.07, 6.45) is 3.02. The van der Waals surface area contributed by atoms with E-state index in [0.717, 1.165) is 25.3 Å². The molecule has 76 valence electrons. The Morgan fingerprint density at radius 2 is 2.21 bits per heavy atom. The van der Waals surface area contributed by atoms with Crippen LogP contribution in [0.15, 0.2) is 18.3 Å². The highest BCUT2D eigenvalue weighted by Gasteiger charge is 2.11. The average molecular weight is 208 g/mol. The summed E-state index contributed by atoms with van der Waals surface area (Å²) < 4.78 is 0. The fraction of sp³-hybridized carbons (Fsp3) is 0.545. The van der Waals surface area contributed by atoms with Crippen LogP contribution in [0.4, 0.5) is 5.82 Å². The molecular formula is C11H16N2S. The van der Waals surface area contributed by atoms with E-state index in [-0.39, 0.29) is 0 Å². The van der Waals surface area contributed by atoms with Gasteiger partial charge in [0.1, 0.15) is 5.82 Å². The van der Waals surface area contributed by atoms with Crippen LogP contribution in [0.3, 0.4) is 0 Å². The van der Waals surface area contributed by atoms with Crippen LogP contribution in [0.1, 0.15) is 12.5 Å². The molecule has 0 aliphatic carbocycles. The van der Waals surface area contributed by atoms with Crippen molar-refractivity contribution in [2.75, 3.05) is 29.5 Å². The van der Waals surface area contributed by atoms with Gasteiger partial charge in [-0.2, -0.15) is 11.8 Å². The fourth-order valence-corrected chi connectivity index (χ4v) is 2.55. The zero-order valence-corrected chi connectivity index (χ0v) is 9.39.